The van der Waals surface area contributed by atoms with E-state index in [1.54, 1.807) is 0 Å². The van der Waals surface area contributed by atoms with Gasteiger partial charge in [-0.2, -0.15) is 0 Å². The van der Waals surface area contributed by atoms with Crippen LogP contribution in [-0.2, 0) is 0 Å². The highest BCUT2D eigenvalue weighted by molar-refractivity contribution is 4.73. The smallest absolute Gasteiger partial charge is 0.0315 e. The van der Waals surface area contributed by atoms with E-state index in [1.807, 2.05) is 0 Å². The first kappa shape index (κ1) is 6.99. The Morgan fingerprint density at radius 1 is 1.44 bits per heavy atom. The fourth-order valence-corrected chi connectivity index (χ4v) is 1.03. The Bertz CT molecular complexity index is 66.7. The van der Waals surface area contributed by atoms with Crippen molar-refractivity contribution in [1.29, 1.82) is 0 Å². The number of hydrogen-bond acceptors (Lipinski definition) is 3. The molecule has 0 radical (unpaired) electrons. The van der Waals surface area contributed by atoms with Gasteiger partial charge in [0.25, 0.3) is 0 Å². The molecule has 1 rings (SSSR count). The van der Waals surface area contributed by atoms with Gasteiger partial charge in [-0.25, -0.2) is 0 Å². The zero-order valence-corrected chi connectivity index (χ0v) is 5.69. The van der Waals surface area contributed by atoms with Crippen molar-refractivity contribution in [2.45, 2.75) is 12.5 Å². The van der Waals surface area contributed by atoms with Crippen LogP contribution in [0.25, 0.3) is 0 Å². The number of nitrogens with one attached hydrogen (secondary N) is 2. The van der Waals surface area contributed by atoms with Crippen LogP contribution in [0.1, 0.15) is 6.42 Å². The summed E-state index contributed by atoms with van der Waals surface area (Å²) in [5, 5.41) is 6.65. The van der Waals surface area contributed by atoms with Gasteiger partial charge in [-0.1, -0.05) is 0 Å². The molecule has 4 N–H and O–H groups in total. The summed E-state index contributed by atoms with van der Waals surface area (Å²) in [5.74, 6) is 0. The summed E-state index contributed by atoms with van der Waals surface area (Å²) in [4.78, 5) is 0. The lowest BCUT2D eigenvalue weighted by Gasteiger charge is -2.11. The van der Waals surface area contributed by atoms with Gasteiger partial charge >= 0.3 is 0 Å². The van der Waals surface area contributed by atoms with Crippen LogP contribution in [-0.4, -0.2) is 32.2 Å². The van der Waals surface area contributed by atoms with Crippen molar-refractivity contribution in [3.05, 3.63) is 0 Å². The second-order valence-corrected chi connectivity index (χ2v) is 2.44. The third-order valence-electron chi connectivity index (χ3n) is 1.64. The molecule has 0 amide bonds. The lowest BCUT2D eigenvalue weighted by molar-refractivity contribution is 0.536. The molecule has 0 aliphatic carbocycles. The largest absolute Gasteiger partial charge is 0.329 e. The van der Waals surface area contributed by atoms with Gasteiger partial charge in [0, 0.05) is 19.1 Å². The lowest BCUT2D eigenvalue weighted by atomic mass is 10.3. The molecule has 0 aromatic heterocycles. The Balaban J connectivity index is 2.18. The maximum absolute atomic E-state index is 5.47. The summed E-state index contributed by atoms with van der Waals surface area (Å²) in [6.45, 7) is 4.00. The number of nitrogens with two attached hydrogens (primary N) is 1. The van der Waals surface area contributed by atoms with Crippen LogP contribution in [0.4, 0.5) is 0 Å². The molecule has 0 spiro atoms. The molecule has 0 aromatic carbocycles. The van der Waals surface area contributed by atoms with Gasteiger partial charge < -0.3 is 16.4 Å². The average molecular weight is 129 g/mol. The van der Waals surface area contributed by atoms with Crippen molar-refractivity contribution >= 4 is 0 Å². The quantitative estimate of drug-likeness (QED) is 0.421. The van der Waals surface area contributed by atoms with Crippen molar-refractivity contribution in [3.63, 3.8) is 0 Å². The van der Waals surface area contributed by atoms with E-state index in [4.69, 9.17) is 5.73 Å². The van der Waals surface area contributed by atoms with E-state index in [-0.39, 0.29) is 0 Å². The standard InChI is InChI=1S/C6H15N3/c7-4-6-5-8-2-1-3-9-6/h6,8-9H,1-5,7H2. The normalized spacial score (nSPS) is 29.7. The minimum atomic E-state index is 0.493. The van der Waals surface area contributed by atoms with Gasteiger partial charge in [-0.3, -0.25) is 0 Å². The molecule has 0 saturated carbocycles. The van der Waals surface area contributed by atoms with E-state index in [1.165, 1.54) is 6.42 Å². The summed E-state index contributed by atoms with van der Waals surface area (Å²) in [5.41, 5.74) is 5.47. The topological polar surface area (TPSA) is 50.1 Å². The Morgan fingerprint density at radius 2 is 2.33 bits per heavy atom. The highest BCUT2D eigenvalue weighted by atomic mass is 15.0. The summed E-state index contributed by atoms with van der Waals surface area (Å²) >= 11 is 0. The second-order valence-electron chi connectivity index (χ2n) is 2.44. The predicted molar refractivity (Wildman–Crippen MR) is 38.3 cm³/mol. The van der Waals surface area contributed by atoms with Crippen molar-refractivity contribution < 1.29 is 0 Å². The molecular weight excluding hydrogens is 114 g/mol. The van der Waals surface area contributed by atoms with Crippen LogP contribution in [0.2, 0.25) is 0 Å². The molecule has 1 aliphatic heterocycles. The van der Waals surface area contributed by atoms with Crippen LogP contribution in [0.5, 0.6) is 0 Å². The Hall–Kier alpha value is -0.120. The van der Waals surface area contributed by atoms with Crippen molar-refractivity contribution in [2.75, 3.05) is 26.2 Å². The van der Waals surface area contributed by atoms with Crippen molar-refractivity contribution in [1.82, 2.24) is 10.6 Å². The van der Waals surface area contributed by atoms with Gasteiger partial charge in [0.2, 0.25) is 0 Å². The third-order valence-corrected chi connectivity index (χ3v) is 1.64. The Morgan fingerprint density at radius 3 is 3.11 bits per heavy atom. The van der Waals surface area contributed by atoms with Gasteiger partial charge in [0.1, 0.15) is 0 Å². The molecule has 1 aliphatic rings. The first-order valence-corrected chi connectivity index (χ1v) is 3.57. The van der Waals surface area contributed by atoms with E-state index in [0.29, 0.717) is 6.04 Å². The SMILES string of the molecule is NCC1CNCCCN1. The van der Waals surface area contributed by atoms with Crippen LogP contribution < -0.4 is 16.4 Å². The van der Waals surface area contributed by atoms with Gasteiger partial charge in [0.05, 0.1) is 0 Å². The van der Waals surface area contributed by atoms with Gasteiger partial charge in [0.15, 0.2) is 0 Å². The number of rotatable bonds is 1. The fraction of sp³-hybridized carbons (Fsp3) is 1.00. The van der Waals surface area contributed by atoms with E-state index in [9.17, 15) is 0 Å². The zero-order valence-electron chi connectivity index (χ0n) is 5.69. The molecular formula is C6H15N3. The minimum absolute atomic E-state index is 0.493. The maximum atomic E-state index is 5.47. The fourth-order valence-electron chi connectivity index (χ4n) is 1.03. The number of hydrogen-bond donors (Lipinski definition) is 3. The van der Waals surface area contributed by atoms with Crippen LogP contribution in [0.15, 0.2) is 0 Å². The Kier molecular flexibility index (Phi) is 2.97. The third kappa shape index (κ3) is 2.30. The minimum Gasteiger partial charge on any atom is -0.329 e. The molecule has 0 aromatic rings. The van der Waals surface area contributed by atoms with E-state index < -0.39 is 0 Å². The molecule has 0 bridgehead atoms. The van der Waals surface area contributed by atoms with E-state index in [0.717, 1.165) is 26.2 Å². The average Bonchev–Trinajstić information content (AvgIpc) is 2.13. The van der Waals surface area contributed by atoms with Crippen LogP contribution >= 0.6 is 0 Å². The maximum Gasteiger partial charge on any atom is 0.0315 e. The van der Waals surface area contributed by atoms with E-state index >= 15 is 0 Å². The summed E-state index contributed by atoms with van der Waals surface area (Å²) in [6.07, 6.45) is 1.22. The molecule has 1 atom stereocenters. The lowest BCUT2D eigenvalue weighted by Crippen LogP contribution is -2.41. The summed E-state index contributed by atoms with van der Waals surface area (Å²) < 4.78 is 0. The van der Waals surface area contributed by atoms with Crippen molar-refractivity contribution in [2.24, 2.45) is 5.73 Å². The highest BCUT2D eigenvalue weighted by Gasteiger charge is 2.06. The molecule has 3 heteroatoms. The molecule has 1 unspecified atom stereocenters. The first-order chi connectivity index (χ1) is 4.43. The molecule has 54 valence electrons. The first-order valence-electron chi connectivity index (χ1n) is 3.57. The summed E-state index contributed by atoms with van der Waals surface area (Å²) in [7, 11) is 0. The van der Waals surface area contributed by atoms with E-state index in [2.05, 4.69) is 10.6 Å². The highest BCUT2D eigenvalue weighted by Crippen LogP contribution is 1.85. The zero-order chi connectivity index (χ0) is 6.53. The van der Waals surface area contributed by atoms with Crippen molar-refractivity contribution in [3.8, 4) is 0 Å². The summed E-state index contributed by atoms with van der Waals surface area (Å²) in [6, 6.07) is 0.493. The molecule has 1 fully saturated rings. The molecule has 1 saturated heterocycles. The predicted octanol–water partition coefficient (Wildman–Crippen LogP) is -1.10. The van der Waals surface area contributed by atoms with Gasteiger partial charge in [-0.05, 0) is 19.5 Å². The van der Waals surface area contributed by atoms with Crippen LogP contribution in [0.3, 0.4) is 0 Å². The molecule has 1 heterocycles. The molecule has 3 nitrogen and oxygen atoms in total. The van der Waals surface area contributed by atoms with Gasteiger partial charge in [-0.15, -0.1) is 0 Å². The monoisotopic (exact) mass is 129 g/mol. The van der Waals surface area contributed by atoms with Crippen LogP contribution in [0, 0.1) is 0 Å². The second kappa shape index (κ2) is 3.82. The molecule has 9 heavy (non-hydrogen) atoms. The Labute approximate surface area is 56.0 Å².